The Hall–Kier alpha value is -3.91. The van der Waals surface area contributed by atoms with Crippen molar-refractivity contribution in [3.63, 3.8) is 0 Å². The van der Waals surface area contributed by atoms with Gasteiger partial charge in [-0.2, -0.15) is 15.0 Å². The summed E-state index contributed by atoms with van der Waals surface area (Å²) >= 11 is 0. The number of nitrogens with two attached hydrogens (primary N) is 1. The van der Waals surface area contributed by atoms with Crippen LogP contribution in [0.2, 0.25) is 0 Å². The minimum atomic E-state index is -0.324. The number of halogens is 1. The number of aromatic nitrogens is 3. The Bertz CT molecular complexity index is 1150. The number of aliphatic hydroxyl groups excluding tert-OH is 1. The smallest absolute Gasteiger partial charge is 0.251 e. The molecule has 2 aromatic carbocycles. The molecule has 0 radical (unpaired) electrons. The Morgan fingerprint density at radius 2 is 1.46 bits per heavy atom. The molecule has 0 saturated carbocycles. The Labute approximate surface area is 226 Å². The van der Waals surface area contributed by atoms with Crippen molar-refractivity contribution < 1.29 is 23.8 Å². The summed E-state index contributed by atoms with van der Waals surface area (Å²) in [5.74, 6) is 0.361. The van der Waals surface area contributed by atoms with Crippen LogP contribution in [0.15, 0.2) is 48.5 Å². The summed E-state index contributed by atoms with van der Waals surface area (Å²) in [5, 5.41) is 21.1. The topological polar surface area (TPSA) is 169 Å². The lowest BCUT2D eigenvalue weighted by Gasteiger charge is -2.11. The molecule has 0 saturated heterocycles. The Morgan fingerprint density at radius 1 is 0.821 bits per heavy atom. The van der Waals surface area contributed by atoms with Crippen LogP contribution in [0.5, 0.6) is 0 Å². The maximum absolute atomic E-state index is 13.5. The van der Waals surface area contributed by atoms with E-state index in [1.807, 2.05) is 12.1 Å². The van der Waals surface area contributed by atoms with Crippen LogP contribution >= 0.6 is 0 Å². The largest absolute Gasteiger partial charge is 0.395 e. The highest BCUT2D eigenvalue weighted by Gasteiger charge is 2.08. The highest BCUT2D eigenvalue weighted by atomic mass is 19.1. The number of nitrogens with zero attached hydrogens (tertiary/aromatic N) is 3. The molecule has 0 atom stereocenters. The molecule has 39 heavy (non-hydrogen) atoms. The SMILES string of the molecule is NCCOCCOCCNC(=O)c1ccc(CNc2nc(NCCO)nc(NCc3cccc(F)c3)n2)cc1. The number of anilines is 3. The number of benzene rings is 2. The summed E-state index contributed by atoms with van der Waals surface area (Å²) in [6.07, 6.45) is 0. The molecular weight excluding hydrogens is 507 g/mol. The molecule has 0 unspecified atom stereocenters. The van der Waals surface area contributed by atoms with Crippen molar-refractivity contribution >= 4 is 23.8 Å². The molecular formula is C26H35FN8O4. The van der Waals surface area contributed by atoms with Gasteiger partial charge in [-0.3, -0.25) is 4.79 Å². The average molecular weight is 543 g/mol. The minimum Gasteiger partial charge on any atom is -0.395 e. The second kappa shape index (κ2) is 16.8. The van der Waals surface area contributed by atoms with Gasteiger partial charge in [-0.1, -0.05) is 24.3 Å². The first-order valence-electron chi connectivity index (χ1n) is 12.6. The van der Waals surface area contributed by atoms with Crippen LogP contribution < -0.4 is 27.0 Å². The fourth-order valence-electron chi connectivity index (χ4n) is 3.31. The zero-order valence-corrected chi connectivity index (χ0v) is 21.7. The monoisotopic (exact) mass is 542 g/mol. The van der Waals surface area contributed by atoms with Crippen LogP contribution in [0, 0.1) is 5.82 Å². The van der Waals surface area contributed by atoms with E-state index in [-0.39, 0.29) is 36.8 Å². The molecule has 0 aliphatic rings. The lowest BCUT2D eigenvalue weighted by atomic mass is 10.1. The second-order valence-corrected chi connectivity index (χ2v) is 8.26. The van der Waals surface area contributed by atoms with Crippen molar-refractivity contribution in [2.24, 2.45) is 5.73 Å². The number of rotatable bonds is 18. The van der Waals surface area contributed by atoms with E-state index in [2.05, 4.69) is 36.2 Å². The van der Waals surface area contributed by atoms with Crippen LogP contribution in [-0.4, -0.2) is 78.6 Å². The number of carbonyl (C=O) groups excluding carboxylic acids is 1. The number of hydrogen-bond donors (Lipinski definition) is 6. The molecule has 3 rings (SSSR count). The van der Waals surface area contributed by atoms with E-state index in [9.17, 15) is 9.18 Å². The third kappa shape index (κ3) is 11.2. The number of ether oxygens (including phenoxy) is 2. The van der Waals surface area contributed by atoms with Crippen LogP contribution in [0.3, 0.4) is 0 Å². The van der Waals surface area contributed by atoms with Crippen LogP contribution in [-0.2, 0) is 22.6 Å². The maximum Gasteiger partial charge on any atom is 0.251 e. The summed E-state index contributed by atoms with van der Waals surface area (Å²) in [6, 6.07) is 13.4. The fourth-order valence-corrected chi connectivity index (χ4v) is 3.31. The molecule has 7 N–H and O–H groups in total. The molecule has 0 bridgehead atoms. The Balaban J connectivity index is 1.49. The summed E-state index contributed by atoms with van der Waals surface area (Å²) in [4.78, 5) is 25.4. The Kier molecular flexibility index (Phi) is 12.8. The fraction of sp³-hybridized carbons (Fsp3) is 0.385. The summed E-state index contributed by atoms with van der Waals surface area (Å²) in [5.41, 5.74) is 7.52. The first kappa shape index (κ1) is 29.6. The summed E-state index contributed by atoms with van der Waals surface area (Å²) < 4.78 is 24.1. The van der Waals surface area contributed by atoms with Crippen molar-refractivity contribution in [3.05, 3.63) is 71.0 Å². The van der Waals surface area contributed by atoms with Gasteiger partial charge in [0.05, 0.1) is 33.0 Å². The minimum absolute atomic E-state index is 0.0857. The van der Waals surface area contributed by atoms with Gasteiger partial charge in [0.1, 0.15) is 5.82 Å². The third-order valence-electron chi connectivity index (χ3n) is 5.20. The molecule has 0 spiro atoms. The molecule has 3 aromatic rings. The molecule has 1 amide bonds. The van der Waals surface area contributed by atoms with Gasteiger partial charge in [-0.25, -0.2) is 4.39 Å². The highest BCUT2D eigenvalue weighted by Crippen LogP contribution is 2.13. The van der Waals surface area contributed by atoms with E-state index in [0.717, 1.165) is 11.1 Å². The van der Waals surface area contributed by atoms with Crippen molar-refractivity contribution in [1.29, 1.82) is 0 Å². The zero-order chi connectivity index (χ0) is 27.7. The van der Waals surface area contributed by atoms with E-state index in [1.165, 1.54) is 12.1 Å². The van der Waals surface area contributed by atoms with Crippen molar-refractivity contribution in [3.8, 4) is 0 Å². The van der Waals surface area contributed by atoms with Gasteiger partial charge in [-0.05, 0) is 35.4 Å². The molecule has 0 fully saturated rings. The first-order chi connectivity index (χ1) is 19.1. The van der Waals surface area contributed by atoms with E-state index in [4.69, 9.17) is 20.3 Å². The molecule has 13 heteroatoms. The van der Waals surface area contributed by atoms with E-state index < -0.39 is 0 Å². The summed E-state index contributed by atoms with van der Waals surface area (Å²) in [7, 11) is 0. The zero-order valence-electron chi connectivity index (χ0n) is 21.7. The molecule has 0 aliphatic heterocycles. The normalized spacial score (nSPS) is 10.7. The third-order valence-corrected chi connectivity index (χ3v) is 5.20. The number of nitrogens with one attached hydrogen (secondary N) is 4. The predicted octanol–water partition coefficient (Wildman–Crippen LogP) is 1.36. The Morgan fingerprint density at radius 3 is 2.10 bits per heavy atom. The first-order valence-corrected chi connectivity index (χ1v) is 12.6. The van der Waals surface area contributed by atoms with E-state index in [0.29, 0.717) is 64.1 Å². The van der Waals surface area contributed by atoms with Gasteiger partial charge in [-0.15, -0.1) is 0 Å². The highest BCUT2D eigenvalue weighted by molar-refractivity contribution is 5.94. The average Bonchev–Trinajstić information content (AvgIpc) is 2.95. The van der Waals surface area contributed by atoms with Gasteiger partial charge in [0.2, 0.25) is 17.8 Å². The molecule has 1 aromatic heterocycles. The molecule has 0 aliphatic carbocycles. The van der Waals surface area contributed by atoms with Crippen LogP contribution in [0.1, 0.15) is 21.5 Å². The molecule has 12 nitrogen and oxygen atoms in total. The molecule has 210 valence electrons. The lowest BCUT2D eigenvalue weighted by Crippen LogP contribution is -2.27. The predicted molar refractivity (Wildman–Crippen MR) is 146 cm³/mol. The number of hydrogen-bond acceptors (Lipinski definition) is 11. The van der Waals surface area contributed by atoms with Gasteiger partial charge in [0.25, 0.3) is 5.91 Å². The second-order valence-electron chi connectivity index (χ2n) is 8.26. The number of amides is 1. The number of carbonyl (C=O) groups is 1. The van der Waals surface area contributed by atoms with Gasteiger partial charge in [0.15, 0.2) is 0 Å². The van der Waals surface area contributed by atoms with Gasteiger partial charge < -0.3 is 41.6 Å². The van der Waals surface area contributed by atoms with E-state index in [1.54, 1.807) is 24.3 Å². The number of aliphatic hydroxyl groups is 1. The van der Waals surface area contributed by atoms with Crippen molar-refractivity contribution in [2.45, 2.75) is 13.1 Å². The summed E-state index contributed by atoms with van der Waals surface area (Å²) in [6.45, 7) is 3.57. The van der Waals surface area contributed by atoms with E-state index >= 15 is 0 Å². The van der Waals surface area contributed by atoms with Gasteiger partial charge in [0, 0.05) is 38.3 Å². The van der Waals surface area contributed by atoms with Crippen molar-refractivity contribution in [1.82, 2.24) is 20.3 Å². The van der Waals surface area contributed by atoms with Gasteiger partial charge >= 0.3 is 0 Å². The molecule has 1 heterocycles. The maximum atomic E-state index is 13.5. The van der Waals surface area contributed by atoms with Crippen LogP contribution in [0.4, 0.5) is 22.2 Å². The standard InChI is InChI=1S/C26H35FN8O4/c27-22-3-1-2-20(16-22)18-32-26-34-24(30-9-11-36)33-25(35-26)31-17-19-4-6-21(7-5-19)23(37)29-10-13-39-15-14-38-12-8-28/h1-7,16,36H,8-15,17-18,28H2,(H,29,37)(H3,30,31,32,33,34,35). The van der Waals surface area contributed by atoms with Crippen LogP contribution in [0.25, 0.3) is 0 Å². The lowest BCUT2D eigenvalue weighted by molar-refractivity contribution is 0.0511. The van der Waals surface area contributed by atoms with Crippen molar-refractivity contribution in [2.75, 3.05) is 68.6 Å². The quantitative estimate of drug-likeness (QED) is 0.128.